The number of hydrogen-bond donors (Lipinski definition) is 0. The standard InChI is InChI=1S/C20H23N3O5/c1-27-18-7-8-19(28-2)15(13-18)14-20(24)22-11-9-21(10-12-22)16-3-5-17(6-4-16)23(25)26/h3-8,13H,9-12,14H2,1-2H3. The topological polar surface area (TPSA) is 85.2 Å². The number of anilines is 1. The first-order valence-electron chi connectivity index (χ1n) is 9.00. The summed E-state index contributed by atoms with van der Waals surface area (Å²) in [5.74, 6) is 1.39. The van der Waals surface area contributed by atoms with Gasteiger partial charge < -0.3 is 19.3 Å². The molecule has 1 amide bonds. The fraction of sp³-hybridized carbons (Fsp3) is 0.350. The fourth-order valence-corrected chi connectivity index (χ4v) is 3.29. The number of nitro groups is 1. The normalized spacial score (nSPS) is 13.9. The van der Waals surface area contributed by atoms with E-state index in [1.54, 1.807) is 38.5 Å². The maximum absolute atomic E-state index is 12.7. The van der Waals surface area contributed by atoms with Gasteiger partial charge in [-0.15, -0.1) is 0 Å². The summed E-state index contributed by atoms with van der Waals surface area (Å²) in [6, 6.07) is 11.9. The first kappa shape index (κ1) is 19.5. The van der Waals surface area contributed by atoms with Gasteiger partial charge in [-0.25, -0.2) is 0 Å². The minimum Gasteiger partial charge on any atom is -0.497 e. The molecule has 0 unspecified atom stereocenters. The number of amides is 1. The van der Waals surface area contributed by atoms with Crippen LogP contribution in [0.15, 0.2) is 42.5 Å². The Bertz CT molecular complexity index is 845. The summed E-state index contributed by atoms with van der Waals surface area (Å²) in [4.78, 5) is 27.1. The van der Waals surface area contributed by atoms with E-state index in [0.29, 0.717) is 37.7 Å². The van der Waals surface area contributed by atoms with Crippen LogP contribution in [0.3, 0.4) is 0 Å². The van der Waals surface area contributed by atoms with Crippen molar-refractivity contribution in [3.8, 4) is 11.5 Å². The lowest BCUT2D eigenvalue weighted by atomic mass is 10.1. The van der Waals surface area contributed by atoms with Crippen LogP contribution in [0.5, 0.6) is 11.5 Å². The molecule has 8 heteroatoms. The van der Waals surface area contributed by atoms with Gasteiger partial charge in [0.15, 0.2) is 0 Å². The minimum absolute atomic E-state index is 0.0369. The molecule has 3 rings (SSSR count). The van der Waals surface area contributed by atoms with Gasteiger partial charge in [-0.3, -0.25) is 14.9 Å². The number of hydrogen-bond acceptors (Lipinski definition) is 6. The fourth-order valence-electron chi connectivity index (χ4n) is 3.29. The van der Waals surface area contributed by atoms with Gasteiger partial charge in [-0.1, -0.05) is 0 Å². The predicted octanol–water partition coefficient (Wildman–Crippen LogP) is 2.50. The molecule has 1 aliphatic rings. The van der Waals surface area contributed by atoms with E-state index < -0.39 is 4.92 Å². The second kappa shape index (κ2) is 8.60. The molecule has 148 valence electrons. The van der Waals surface area contributed by atoms with Crippen LogP contribution in [0, 0.1) is 10.1 Å². The summed E-state index contributed by atoms with van der Waals surface area (Å²) in [7, 11) is 3.17. The Labute approximate surface area is 163 Å². The van der Waals surface area contributed by atoms with Gasteiger partial charge in [0.05, 0.1) is 25.6 Å². The third-order valence-corrected chi connectivity index (χ3v) is 4.89. The number of carbonyl (C=O) groups is 1. The van der Waals surface area contributed by atoms with Crippen molar-refractivity contribution in [3.63, 3.8) is 0 Å². The van der Waals surface area contributed by atoms with Crippen LogP contribution in [-0.4, -0.2) is 56.1 Å². The van der Waals surface area contributed by atoms with Crippen molar-refractivity contribution >= 4 is 17.3 Å². The quantitative estimate of drug-likeness (QED) is 0.561. The van der Waals surface area contributed by atoms with Crippen LogP contribution in [0.2, 0.25) is 0 Å². The van der Waals surface area contributed by atoms with Crippen LogP contribution in [-0.2, 0) is 11.2 Å². The van der Waals surface area contributed by atoms with Crippen LogP contribution in [0.25, 0.3) is 0 Å². The molecule has 8 nitrogen and oxygen atoms in total. The number of piperazine rings is 1. The second-order valence-electron chi connectivity index (χ2n) is 6.50. The molecule has 1 saturated heterocycles. The summed E-state index contributed by atoms with van der Waals surface area (Å²) < 4.78 is 10.6. The number of nitrogens with zero attached hydrogens (tertiary/aromatic N) is 3. The Morgan fingerprint density at radius 2 is 1.71 bits per heavy atom. The third-order valence-electron chi connectivity index (χ3n) is 4.89. The summed E-state index contributed by atoms with van der Waals surface area (Å²) in [6.07, 6.45) is 0.248. The average molecular weight is 385 g/mol. The van der Waals surface area contributed by atoms with Crippen LogP contribution in [0.1, 0.15) is 5.56 Å². The molecule has 0 aromatic heterocycles. The molecule has 0 aliphatic carbocycles. The Kier molecular flexibility index (Phi) is 5.98. The molecule has 28 heavy (non-hydrogen) atoms. The van der Waals surface area contributed by atoms with E-state index in [-0.39, 0.29) is 18.0 Å². The van der Waals surface area contributed by atoms with Gasteiger partial charge in [0.1, 0.15) is 11.5 Å². The lowest BCUT2D eigenvalue weighted by Gasteiger charge is -2.36. The maximum Gasteiger partial charge on any atom is 0.269 e. The van der Waals surface area contributed by atoms with Crippen molar-refractivity contribution in [2.24, 2.45) is 0 Å². The van der Waals surface area contributed by atoms with Crippen molar-refractivity contribution in [1.29, 1.82) is 0 Å². The van der Waals surface area contributed by atoms with E-state index in [4.69, 9.17) is 9.47 Å². The number of carbonyl (C=O) groups excluding carboxylic acids is 1. The summed E-state index contributed by atoms with van der Waals surface area (Å²) in [6.45, 7) is 2.56. The SMILES string of the molecule is COc1ccc(OC)c(CC(=O)N2CCN(c3ccc([N+](=O)[O-])cc3)CC2)c1. The van der Waals surface area contributed by atoms with E-state index in [9.17, 15) is 14.9 Å². The second-order valence-corrected chi connectivity index (χ2v) is 6.50. The van der Waals surface area contributed by atoms with E-state index >= 15 is 0 Å². The zero-order valence-electron chi connectivity index (χ0n) is 16.0. The molecule has 0 N–H and O–H groups in total. The largest absolute Gasteiger partial charge is 0.497 e. The minimum atomic E-state index is -0.409. The summed E-state index contributed by atoms with van der Waals surface area (Å²) in [5, 5.41) is 10.8. The monoisotopic (exact) mass is 385 g/mol. The molecule has 1 aliphatic heterocycles. The Morgan fingerprint density at radius 1 is 1.04 bits per heavy atom. The van der Waals surface area contributed by atoms with Crippen LogP contribution in [0.4, 0.5) is 11.4 Å². The first-order chi connectivity index (χ1) is 13.5. The molecule has 2 aromatic carbocycles. The molecule has 2 aromatic rings. The van der Waals surface area contributed by atoms with E-state index in [1.807, 2.05) is 11.0 Å². The highest BCUT2D eigenvalue weighted by molar-refractivity contribution is 5.80. The smallest absolute Gasteiger partial charge is 0.269 e. The molecule has 0 atom stereocenters. The first-order valence-corrected chi connectivity index (χ1v) is 9.00. The maximum atomic E-state index is 12.7. The van der Waals surface area contributed by atoms with E-state index in [2.05, 4.69) is 4.90 Å². The molecule has 0 spiro atoms. The van der Waals surface area contributed by atoms with Gasteiger partial charge in [0.2, 0.25) is 5.91 Å². The Balaban J connectivity index is 1.60. The zero-order chi connectivity index (χ0) is 20.1. The molecular formula is C20H23N3O5. The molecular weight excluding hydrogens is 362 g/mol. The average Bonchev–Trinajstić information content (AvgIpc) is 2.73. The number of rotatable bonds is 6. The highest BCUT2D eigenvalue weighted by Crippen LogP contribution is 2.25. The molecule has 0 bridgehead atoms. The van der Waals surface area contributed by atoms with Gasteiger partial charge in [-0.2, -0.15) is 0 Å². The van der Waals surface area contributed by atoms with Gasteiger partial charge in [0.25, 0.3) is 5.69 Å². The number of ether oxygens (including phenoxy) is 2. The Morgan fingerprint density at radius 3 is 2.29 bits per heavy atom. The van der Waals surface area contributed by atoms with Crippen molar-refractivity contribution in [1.82, 2.24) is 4.90 Å². The molecule has 0 radical (unpaired) electrons. The van der Waals surface area contributed by atoms with Gasteiger partial charge in [0, 0.05) is 49.6 Å². The van der Waals surface area contributed by atoms with Gasteiger partial charge >= 0.3 is 0 Å². The molecule has 0 saturated carbocycles. The van der Waals surface area contributed by atoms with Crippen molar-refractivity contribution in [2.75, 3.05) is 45.3 Å². The number of non-ortho nitro benzene ring substituents is 1. The van der Waals surface area contributed by atoms with E-state index in [1.165, 1.54) is 12.1 Å². The molecule has 1 heterocycles. The highest BCUT2D eigenvalue weighted by atomic mass is 16.6. The lowest BCUT2D eigenvalue weighted by Crippen LogP contribution is -2.49. The Hall–Kier alpha value is -3.29. The summed E-state index contributed by atoms with van der Waals surface area (Å²) in [5.41, 5.74) is 1.79. The van der Waals surface area contributed by atoms with Crippen LogP contribution < -0.4 is 14.4 Å². The zero-order valence-corrected chi connectivity index (χ0v) is 16.0. The molecule has 1 fully saturated rings. The van der Waals surface area contributed by atoms with Crippen molar-refractivity contribution < 1.29 is 19.2 Å². The number of methoxy groups -OCH3 is 2. The highest BCUT2D eigenvalue weighted by Gasteiger charge is 2.23. The van der Waals surface area contributed by atoms with E-state index in [0.717, 1.165) is 11.3 Å². The van der Waals surface area contributed by atoms with Crippen molar-refractivity contribution in [3.05, 3.63) is 58.1 Å². The lowest BCUT2D eigenvalue weighted by molar-refractivity contribution is -0.384. The third kappa shape index (κ3) is 4.33. The van der Waals surface area contributed by atoms with Crippen molar-refractivity contribution in [2.45, 2.75) is 6.42 Å². The van der Waals surface area contributed by atoms with Crippen LogP contribution >= 0.6 is 0 Å². The number of nitro benzene ring substituents is 1. The number of benzene rings is 2. The predicted molar refractivity (Wildman–Crippen MR) is 105 cm³/mol. The summed E-state index contributed by atoms with van der Waals surface area (Å²) >= 11 is 0. The van der Waals surface area contributed by atoms with Gasteiger partial charge in [-0.05, 0) is 30.3 Å².